The molecule has 0 aliphatic carbocycles. The summed E-state index contributed by atoms with van der Waals surface area (Å²) in [6.45, 7) is 4.01. The second-order valence-corrected chi connectivity index (χ2v) is 6.99. The van der Waals surface area contributed by atoms with Gasteiger partial charge in [-0.05, 0) is 37.6 Å². The molecule has 0 spiro atoms. The van der Waals surface area contributed by atoms with Gasteiger partial charge in [-0.25, -0.2) is 4.98 Å². The Hall–Kier alpha value is -2.56. The topological polar surface area (TPSA) is 42.2 Å². The van der Waals surface area contributed by atoms with Gasteiger partial charge in [-0.3, -0.25) is 0 Å². The summed E-state index contributed by atoms with van der Waals surface area (Å²) >= 11 is 12.3. The molecule has 0 aliphatic heterocycles. The molecule has 2 aromatic heterocycles. The van der Waals surface area contributed by atoms with Gasteiger partial charge in [-0.1, -0.05) is 53.5 Å². The minimum absolute atomic E-state index is 0.574. The molecule has 130 valence electrons. The molecular formula is C20H16Cl2N4. The van der Waals surface area contributed by atoms with Crippen LogP contribution in [0, 0.1) is 13.8 Å². The van der Waals surface area contributed by atoms with Crippen LogP contribution in [0.4, 0.5) is 11.5 Å². The Labute approximate surface area is 161 Å². The molecule has 0 aliphatic rings. The van der Waals surface area contributed by atoms with Crippen LogP contribution in [0.2, 0.25) is 10.0 Å². The number of aromatic nitrogens is 3. The molecule has 0 saturated carbocycles. The van der Waals surface area contributed by atoms with Crippen LogP contribution in [0.25, 0.3) is 16.8 Å². The molecule has 4 nitrogen and oxygen atoms in total. The highest BCUT2D eigenvalue weighted by Gasteiger charge is 2.15. The van der Waals surface area contributed by atoms with E-state index < -0.39 is 0 Å². The Balaban J connectivity index is 1.89. The predicted octanol–water partition coefficient (Wildman–Crippen LogP) is 6.06. The molecule has 0 bridgehead atoms. The number of hydrogen-bond acceptors (Lipinski definition) is 3. The highest BCUT2D eigenvalue weighted by molar-refractivity contribution is 6.35. The van der Waals surface area contributed by atoms with Crippen LogP contribution < -0.4 is 5.32 Å². The third kappa shape index (κ3) is 3.02. The van der Waals surface area contributed by atoms with Crippen molar-refractivity contribution in [3.63, 3.8) is 0 Å². The van der Waals surface area contributed by atoms with E-state index in [1.54, 1.807) is 6.07 Å². The van der Waals surface area contributed by atoms with E-state index in [9.17, 15) is 0 Å². The van der Waals surface area contributed by atoms with Crippen molar-refractivity contribution in [3.8, 4) is 11.1 Å². The monoisotopic (exact) mass is 382 g/mol. The van der Waals surface area contributed by atoms with Crippen molar-refractivity contribution in [2.75, 3.05) is 5.32 Å². The minimum Gasteiger partial charge on any atom is -0.340 e. The van der Waals surface area contributed by atoms with E-state index in [0.29, 0.717) is 10.0 Å². The second kappa shape index (κ2) is 6.63. The number of benzene rings is 2. The fourth-order valence-electron chi connectivity index (χ4n) is 2.92. The number of anilines is 2. The van der Waals surface area contributed by atoms with E-state index in [4.69, 9.17) is 28.2 Å². The Bertz CT molecular complexity index is 1080. The summed E-state index contributed by atoms with van der Waals surface area (Å²) in [7, 11) is 0. The molecule has 0 atom stereocenters. The lowest BCUT2D eigenvalue weighted by molar-refractivity contribution is 0.924. The van der Waals surface area contributed by atoms with Crippen molar-refractivity contribution >= 4 is 40.4 Å². The number of hydrogen-bond donors (Lipinski definition) is 1. The lowest BCUT2D eigenvalue weighted by Crippen LogP contribution is -2.06. The normalized spacial score (nSPS) is 11.1. The first kappa shape index (κ1) is 16.9. The molecule has 4 aromatic rings. The van der Waals surface area contributed by atoms with E-state index in [2.05, 4.69) is 22.5 Å². The molecule has 2 aromatic carbocycles. The van der Waals surface area contributed by atoms with Crippen LogP contribution in [0.15, 0.2) is 54.7 Å². The van der Waals surface area contributed by atoms with E-state index in [0.717, 1.165) is 39.5 Å². The SMILES string of the molecule is Cc1nc2c(-c3ccccc3)cnn2c(Nc2cc(Cl)cc(Cl)c2)c1C. The van der Waals surface area contributed by atoms with Gasteiger partial charge in [0.1, 0.15) is 5.82 Å². The molecule has 0 saturated heterocycles. The Kier molecular flexibility index (Phi) is 4.31. The first-order valence-electron chi connectivity index (χ1n) is 8.16. The quantitative estimate of drug-likeness (QED) is 0.467. The average Bonchev–Trinajstić information content (AvgIpc) is 3.02. The lowest BCUT2D eigenvalue weighted by atomic mass is 10.1. The van der Waals surface area contributed by atoms with Crippen LogP contribution >= 0.6 is 23.2 Å². The van der Waals surface area contributed by atoms with E-state index in [-0.39, 0.29) is 0 Å². The molecule has 1 N–H and O–H groups in total. The van der Waals surface area contributed by atoms with Crippen molar-refractivity contribution < 1.29 is 0 Å². The summed E-state index contributed by atoms with van der Waals surface area (Å²) in [6.07, 6.45) is 1.84. The predicted molar refractivity (Wildman–Crippen MR) is 108 cm³/mol. The summed E-state index contributed by atoms with van der Waals surface area (Å²) in [5.41, 5.74) is 5.61. The van der Waals surface area contributed by atoms with Gasteiger partial charge in [0.15, 0.2) is 5.65 Å². The number of halogens is 2. The number of fused-ring (bicyclic) bond motifs is 1. The molecule has 0 radical (unpaired) electrons. The highest BCUT2D eigenvalue weighted by atomic mass is 35.5. The average molecular weight is 383 g/mol. The van der Waals surface area contributed by atoms with Gasteiger partial charge in [0.05, 0.1) is 6.20 Å². The molecule has 2 heterocycles. The van der Waals surface area contributed by atoms with Crippen LogP contribution in [-0.4, -0.2) is 14.6 Å². The Morgan fingerprint density at radius 1 is 0.962 bits per heavy atom. The standard InChI is InChI=1S/C20H16Cl2N4/c1-12-13(2)24-20-18(14-6-4-3-5-7-14)11-23-26(20)19(12)25-17-9-15(21)8-16(22)10-17/h3-11,25H,1-2H3. The minimum atomic E-state index is 0.574. The third-order valence-corrected chi connectivity index (χ3v) is 4.77. The smallest absolute Gasteiger partial charge is 0.165 e. The van der Waals surface area contributed by atoms with Crippen LogP contribution in [0.1, 0.15) is 11.3 Å². The van der Waals surface area contributed by atoms with Gasteiger partial charge in [-0.2, -0.15) is 9.61 Å². The maximum absolute atomic E-state index is 6.13. The van der Waals surface area contributed by atoms with Crippen molar-refractivity contribution in [1.29, 1.82) is 0 Å². The number of nitrogens with zero attached hydrogens (tertiary/aromatic N) is 3. The number of nitrogens with one attached hydrogen (secondary N) is 1. The van der Waals surface area contributed by atoms with Gasteiger partial charge in [-0.15, -0.1) is 0 Å². The van der Waals surface area contributed by atoms with E-state index >= 15 is 0 Å². The fraction of sp³-hybridized carbons (Fsp3) is 0.100. The van der Waals surface area contributed by atoms with Crippen LogP contribution in [0.5, 0.6) is 0 Å². The van der Waals surface area contributed by atoms with Crippen molar-refractivity contribution in [3.05, 3.63) is 76.0 Å². The zero-order chi connectivity index (χ0) is 18.3. The van der Waals surface area contributed by atoms with Gasteiger partial charge in [0.2, 0.25) is 0 Å². The van der Waals surface area contributed by atoms with Gasteiger partial charge in [0, 0.05) is 32.6 Å². The largest absolute Gasteiger partial charge is 0.340 e. The third-order valence-electron chi connectivity index (χ3n) is 4.34. The van der Waals surface area contributed by atoms with Crippen molar-refractivity contribution in [1.82, 2.24) is 14.6 Å². The van der Waals surface area contributed by atoms with Crippen LogP contribution in [0.3, 0.4) is 0 Å². The van der Waals surface area contributed by atoms with E-state index in [1.807, 2.05) is 54.9 Å². The summed E-state index contributed by atoms with van der Waals surface area (Å²) in [4.78, 5) is 4.76. The molecule has 4 rings (SSSR count). The molecular weight excluding hydrogens is 367 g/mol. The Morgan fingerprint density at radius 2 is 1.65 bits per heavy atom. The lowest BCUT2D eigenvalue weighted by Gasteiger charge is -2.14. The first-order valence-corrected chi connectivity index (χ1v) is 8.92. The number of aryl methyl sites for hydroxylation is 1. The molecule has 0 amide bonds. The van der Waals surface area contributed by atoms with Gasteiger partial charge >= 0.3 is 0 Å². The highest BCUT2D eigenvalue weighted by Crippen LogP contribution is 2.31. The van der Waals surface area contributed by atoms with E-state index in [1.165, 1.54) is 0 Å². The van der Waals surface area contributed by atoms with Crippen LogP contribution in [-0.2, 0) is 0 Å². The van der Waals surface area contributed by atoms with Crippen molar-refractivity contribution in [2.45, 2.75) is 13.8 Å². The Morgan fingerprint density at radius 3 is 2.35 bits per heavy atom. The summed E-state index contributed by atoms with van der Waals surface area (Å²) in [5.74, 6) is 0.841. The second-order valence-electron chi connectivity index (χ2n) is 6.11. The first-order chi connectivity index (χ1) is 12.5. The summed E-state index contributed by atoms with van der Waals surface area (Å²) < 4.78 is 1.82. The number of rotatable bonds is 3. The summed E-state index contributed by atoms with van der Waals surface area (Å²) in [6, 6.07) is 15.5. The molecule has 0 unspecified atom stereocenters. The molecule has 0 fully saturated rings. The summed E-state index contributed by atoms with van der Waals surface area (Å²) in [5, 5.41) is 9.11. The molecule has 6 heteroatoms. The van der Waals surface area contributed by atoms with Crippen molar-refractivity contribution in [2.24, 2.45) is 0 Å². The van der Waals surface area contributed by atoms with Gasteiger partial charge < -0.3 is 5.32 Å². The maximum atomic E-state index is 6.13. The van der Waals surface area contributed by atoms with Gasteiger partial charge in [0.25, 0.3) is 0 Å². The fourth-order valence-corrected chi connectivity index (χ4v) is 3.44. The zero-order valence-corrected chi connectivity index (χ0v) is 15.8. The molecule has 26 heavy (non-hydrogen) atoms. The maximum Gasteiger partial charge on any atom is 0.165 e. The zero-order valence-electron chi connectivity index (χ0n) is 14.3.